The summed E-state index contributed by atoms with van der Waals surface area (Å²) in [6, 6.07) is 15.0. The third kappa shape index (κ3) is 5.43. The molecule has 136 valence electrons. The molecule has 0 radical (unpaired) electrons. The van der Waals surface area contributed by atoms with E-state index in [0.717, 1.165) is 55.4 Å². The number of hydrogen-bond donors (Lipinski definition) is 1. The number of aromatic carboxylic acids is 1. The van der Waals surface area contributed by atoms with E-state index in [-0.39, 0.29) is 0 Å². The van der Waals surface area contributed by atoms with Crippen LogP contribution in [0.2, 0.25) is 5.02 Å². The highest BCUT2D eigenvalue weighted by Crippen LogP contribution is 2.12. The molecule has 2 aromatic rings. The summed E-state index contributed by atoms with van der Waals surface area (Å²) in [5.74, 6) is -0.878. The molecule has 0 aliphatic carbocycles. The van der Waals surface area contributed by atoms with Crippen molar-refractivity contribution in [1.29, 1.82) is 0 Å². The van der Waals surface area contributed by atoms with Gasteiger partial charge >= 0.3 is 5.97 Å². The Hall–Kier alpha value is -2.14. The van der Waals surface area contributed by atoms with Crippen molar-refractivity contribution >= 4 is 23.6 Å². The fourth-order valence-electron chi connectivity index (χ4n) is 3.05. The molecule has 1 saturated heterocycles. The van der Waals surface area contributed by atoms with Crippen molar-refractivity contribution in [3.63, 3.8) is 0 Å². The van der Waals surface area contributed by atoms with Crippen LogP contribution in [0.15, 0.2) is 54.6 Å². The second-order valence-corrected chi connectivity index (χ2v) is 6.97. The fraction of sp³-hybridized carbons (Fsp3) is 0.286. The third-order valence-electron chi connectivity index (χ3n) is 4.62. The van der Waals surface area contributed by atoms with Gasteiger partial charge in [-0.15, -0.1) is 0 Å². The molecule has 5 heteroatoms. The zero-order chi connectivity index (χ0) is 18.4. The van der Waals surface area contributed by atoms with Gasteiger partial charge in [0.15, 0.2) is 0 Å². The number of halogens is 1. The van der Waals surface area contributed by atoms with Crippen LogP contribution in [0, 0.1) is 0 Å². The van der Waals surface area contributed by atoms with E-state index in [1.165, 1.54) is 0 Å². The minimum Gasteiger partial charge on any atom is -0.478 e. The zero-order valence-electron chi connectivity index (χ0n) is 14.6. The van der Waals surface area contributed by atoms with Crippen molar-refractivity contribution in [2.45, 2.75) is 6.54 Å². The summed E-state index contributed by atoms with van der Waals surface area (Å²) >= 11 is 5.90. The first-order chi connectivity index (χ1) is 12.6. The standard InChI is InChI=1S/C21H23ClN2O2/c22-20-9-5-17(6-10-20)2-1-11-23-12-14-24(15-13-23)16-18-3-7-19(8-4-18)21(25)26/h1-10H,11-16H2,(H,25,26)/b2-1+. The molecule has 1 aliphatic rings. The lowest BCUT2D eigenvalue weighted by Crippen LogP contribution is -2.45. The van der Waals surface area contributed by atoms with Gasteiger partial charge < -0.3 is 5.11 Å². The number of benzene rings is 2. The maximum atomic E-state index is 10.9. The van der Waals surface area contributed by atoms with E-state index in [2.05, 4.69) is 22.0 Å². The number of carbonyl (C=O) groups is 1. The van der Waals surface area contributed by atoms with Gasteiger partial charge in [0.1, 0.15) is 0 Å². The van der Waals surface area contributed by atoms with Crippen molar-refractivity contribution in [3.8, 4) is 0 Å². The summed E-state index contributed by atoms with van der Waals surface area (Å²) in [4.78, 5) is 15.8. The minimum absolute atomic E-state index is 0.339. The molecular formula is C21H23ClN2O2. The van der Waals surface area contributed by atoms with Crippen LogP contribution in [0.25, 0.3) is 6.08 Å². The molecule has 4 nitrogen and oxygen atoms in total. The first kappa shape index (κ1) is 18.6. The van der Waals surface area contributed by atoms with E-state index < -0.39 is 5.97 Å². The molecule has 0 spiro atoms. The molecule has 1 N–H and O–H groups in total. The van der Waals surface area contributed by atoms with E-state index in [1.54, 1.807) is 12.1 Å². The zero-order valence-corrected chi connectivity index (χ0v) is 15.4. The monoisotopic (exact) mass is 370 g/mol. The maximum Gasteiger partial charge on any atom is 0.335 e. The normalized spacial score (nSPS) is 16.2. The largest absolute Gasteiger partial charge is 0.478 e. The molecule has 2 aromatic carbocycles. The van der Waals surface area contributed by atoms with Crippen LogP contribution >= 0.6 is 11.6 Å². The highest BCUT2D eigenvalue weighted by molar-refractivity contribution is 6.30. The van der Waals surface area contributed by atoms with Gasteiger partial charge in [-0.05, 0) is 35.4 Å². The molecule has 1 aliphatic heterocycles. The summed E-state index contributed by atoms with van der Waals surface area (Å²) < 4.78 is 0. The molecule has 0 unspecified atom stereocenters. The highest BCUT2D eigenvalue weighted by atomic mass is 35.5. The Morgan fingerprint density at radius 2 is 1.58 bits per heavy atom. The molecule has 0 aromatic heterocycles. The van der Waals surface area contributed by atoms with Crippen LogP contribution in [-0.4, -0.2) is 53.6 Å². The molecule has 3 rings (SSSR count). The molecule has 0 bridgehead atoms. The Bertz CT molecular complexity index is 749. The average Bonchev–Trinajstić information content (AvgIpc) is 2.65. The number of carboxylic acid groups (broad SMARTS) is 1. The van der Waals surface area contributed by atoms with Gasteiger partial charge in [0, 0.05) is 44.3 Å². The summed E-state index contributed by atoms with van der Waals surface area (Å²) in [7, 11) is 0. The SMILES string of the molecule is O=C(O)c1ccc(CN2CCN(C/C=C/c3ccc(Cl)cc3)CC2)cc1. The van der Waals surface area contributed by atoms with Gasteiger partial charge in [-0.1, -0.05) is 48.0 Å². The van der Waals surface area contributed by atoms with Gasteiger partial charge in [0.2, 0.25) is 0 Å². The van der Waals surface area contributed by atoms with E-state index in [1.807, 2.05) is 36.4 Å². The number of piperazine rings is 1. The highest BCUT2D eigenvalue weighted by Gasteiger charge is 2.16. The van der Waals surface area contributed by atoms with Gasteiger partial charge in [0.05, 0.1) is 5.56 Å². The van der Waals surface area contributed by atoms with E-state index in [9.17, 15) is 4.79 Å². The predicted molar refractivity (Wildman–Crippen MR) is 106 cm³/mol. The van der Waals surface area contributed by atoms with Crippen LogP contribution in [0.1, 0.15) is 21.5 Å². The van der Waals surface area contributed by atoms with Gasteiger partial charge in [-0.3, -0.25) is 9.80 Å². The average molecular weight is 371 g/mol. The maximum absolute atomic E-state index is 10.9. The van der Waals surface area contributed by atoms with Crippen LogP contribution < -0.4 is 0 Å². The summed E-state index contributed by atoms with van der Waals surface area (Å²) in [5, 5.41) is 9.71. The molecule has 0 saturated carbocycles. The Balaban J connectivity index is 1.42. The number of hydrogen-bond acceptors (Lipinski definition) is 3. The first-order valence-electron chi connectivity index (χ1n) is 8.79. The summed E-state index contributed by atoms with van der Waals surface area (Å²) in [6.07, 6.45) is 4.33. The van der Waals surface area contributed by atoms with E-state index in [0.29, 0.717) is 5.56 Å². The number of carboxylic acids is 1. The van der Waals surface area contributed by atoms with Crippen molar-refractivity contribution in [3.05, 3.63) is 76.3 Å². The lowest BCUT2D eigenvalue weighted by atomic mass is 10.1. The van der Waals surface area contributed by atoms with Crippen molar-refractivity contribution in [2.24, 2.45) is 0 Å². The molecule has 1 fully saturated rings. The molecule has 0 atom stereocenters. The van der Waals surface area contributed by atoms with Gasteiger partial charge in [0.25, 0.3) is 0 Å². The quantitative estimate of drug-likeness (QED) is 0.838. The lowest BCUT2D eigenvalue weighted by Gasteiger charge is -2.34. The Morgan fingerprint density at radius 3 is 2.19 bits per heavy atom. The Labute approximate surface area is 159 Å². The third-order valence-corrected chi connectivity index (χ3v) is 4.87. The number of rotatable bonds is 6. The fourth-order valence-corrected chi connectivity index (χ4v) is 3.18. The predicted octanol–water partition coefficient (Wildman–Crippen LogP) is 3.87. The number of nitrogens with zero attached hydrogens (tertiary/aromatic N) is 2. The summed E-state index contributed by atoms with van der Waals surface area (Å²) in [6.45, 7) is 5.94. The van der Waals surface area contributed by atoms with Crippen LogP contribution in [-0.2, 0) is 6.54 Å². The van der Waals surface area contributed by atoms with E-state index in [4.69, 9.17) is 16.7 Å². The van der Waals surface area contributed by atoms with Gasteiger partial charge in [-0.25, -0.2) is 4.79 Å². The van der Waals surface area contributed by atoms with Crippen molar-refractivity contribution < 1.29 is 9.90 Å². The van der Waals surface area contributed by atoms with Crippen LogP contribution in [0.4, 0.5) is 0 Å². The van der Waals surface area contributed by atoms with Crippen LogP contribution in [0.5, 0.6) is 0 Å². The lowest BCUT2D eigenvalue weighted by molar-refractivity contribution is 0.0697. The van der Waals surface area contributed by atoms with E-state index >= 15 is 0 Å². The smallest absolute Gasteiger partial charge is 0.335 e. The summed E-state index contributed by atoms with van der Waals surface area (Å²) in [5.41, 5.74) is 2.66. The van der Waals surface area contributed by atoms with Crippen molar-refractivity contribution in [2.75, 3.05) is 32.7 Å². The first-order valence-corrected chi connectivity index (χ1v) is 9.17. The second kappa shape index (κ2) is 8.99. The topological polar surface area (TPSA) is 43.8 Å². The Kier molecular flexibility index (Phi) is 6.45. The molecule has 26 heavy (non-hydrogen) atoms. The molecular weight excluding hydrogens is 348 g/mol. The van der Waals surface area contributed by atoms with Crippen LogP contribution in [0.3, 0.4) is 0 Å². The molecule has 1 heterocycles. The minimum atomic E-state index is -0.878. The van der Waals surface area contributed by atoms with Crippen molar-refractivity contribution in [1.82, 2.24) is 9.80 Å². The second-order valence-electron chi connectivity index (χ2n) is 6.53. The van der Waals surface area contributed by atoms with Gasteiger partial charge in [-0.2, -0.15) is 0 Å². The Morgan fingerprint density at radius 1 is 0.962 bits per heavy atom. The molecule has 0 amide bonds.